The Bertz CT molecular complexity index is 999. The fraction of sp³-hybridized carbons (Fsp3) is 0. The average molecular weight is 344 g/mol. The molecule has 3 nitrogen and oxygen atoms in total. The van der Waals surface area contributed by atoms with Gasteiger partial charge in [0.25, 0.3) is 0 Å². The molecule has 0 aliphatic rings. The number of rotatable bonds is 3. The van der Waals surface area contributed by atoms with E-state index in [2.05, 4.69) is 21.0 Å². The lowest BCUT2D eigenvalue weighted by Gasteiger charge is -2.13. The topological polar surface area (TPSA) is 38.7 Å². The highest BCUT2D eigenvalue weighted by Crippen LogP contribution is 2.36. The van der Waals surface area contributed by atoms with Crippen molar-refractivity contribution in [2.24, 2.45) is 0 Å². The van der Waals surface area contributed by atoms with Gasteiger partial charge in [0.1, 0.15) is 0 Å². The maximum Gasteiger partial charge on any atom is 0.0796 e. The summed E-state index contributed by atoms with van der Waals surface area (Å²) in [6.07, 6.45) is 9.05. The molecule has 0 amide bonds. The van der Waals surface area contributed by atoms with Crippen molar-refractivity contribution >= 4 is 11.6 Å². The zero-order valence-electron chi connectivity index (χ0n) is 13.3. The molecule has 0 aliphatic heterocycles. The lowest BCUT2D eigenvalue weighted by atomic mass is 9.94. The molecule has 0 fully saturated rings. The summed E-state index contributed by atoms with van der Waals surface area (Å²) in [5.41, 5.74) is 6.08. The first-order chi connectivity index (χ1) is 12.3. The Morgan fingerprint density at radius 2 is 1.40 bits per heavy atom. The summed E-state index contributed by atoms with van der Waals surface area (Å²) < 4.78 is 0. The predicted molar refractivity (Wildman–Crippen MR) is 101 cm³/mol. The van der Waals surface area contributed by atoms with E-state index in [1.54, 1.807) is 18.6 Å². The Morgan fingerprint density at radius 1 is 0.600 bits per heavy atom. The molecule has 25 heavy (non-hydrogen) atoms. The quantitative estimate of drug-likeness (QED) is 0.491. The van der Waals surface area contributed by atoms with Crippen molar-refractivity contribution in [3.05, 3.63) is 90.6 Å². The molecule has 4 rings (SSSR count). The highest BCUT2D eigenvalue weighted by Gasteiger charge is 2.13. The van der Waals surface area contributed by atoms with Gasteiger partial charge in [-0.2, -0.15) is 0 Å². The third-order valence-electron chi connectivity index (χ3n) is 4.01. The van der Waals surface area contributed by atoms with Crippen molar-refractivity contribution in [2.45, 2.75) is 0 Å². The number of pyridine rings is 3. The number of aromatic nitrogens is 3. The monoisotopic (exact) mass is 343 g/mol. The van der Waals surface area contributed by atoms with Crippen LogP contribution in [0.15, 0.2) is 85.6 Å². The maximum atomic E-state index is 6.03. The number of benzene rings is 1. The van der Waals surface area contributed by atoms with E-state index in [-0.39, 0.29) is 0 Å². The number of hydrogen-bond acceptors (Lipinski definition) is 3. The molecule has 3 heterocycles. The van der Waals surface area contributed by atoms with Gasteiger partial charge in [-0.3, -0.25) is 15.0 Å². The molecule has 1 aromatic carbocycles. The minimum Gasteiger partial charge on any atom is -0.264 e. The Balaban J connectivity index is 1.91. The third kappa shape index (κ3) is 3.14. The van der Waals surface area contributed by atoms with Crippen LogP contribution in [0.25, 0.3) is 33.5 Å². The van der Waals surface area contributed by atoms with E-state index < -0.39 is 0 Å². The minimum atomic E-state index is 0.719. The summed E-state index contributed by atoms with van der Waals surface area (Å²) in [5.74, 6) is 0. The van der Waals surface area contributed by atoms with E-state index in [1.807, 2.05) is 60.9 Å². The van der Waals surface area contributed by atoms with Gasteiger partial charge >= 0.3 is 0 Å². The molecular formula is C21H14ClN3. The summed E-state index contributed by atoms with van der Waals surface area (Å²) in [4.78, 5) is 13.1. The Hall–Kier alpha value is -3.04. The van der Waals surface area contributed by atoms with Crippen LogP contribution >= 0.6 is 11.6 Å². The number of hydrogen-bond donors (Lipinski definition) is 0. The lowest BCUT2D eigenvalue weighted by Crippen LogP contribution is -1.92. The highest BCUT2D eigenvalue weighted by atomic mass is 35.5. The van der Waals surface area contributed by atoms with Crippen molar-refractivity contribution in [2.75, 3.05) is 0 Å². The standard InChI is InChI=1S/C21H14ClN3/c22-17-7-5-15(6-8-17)18-9-12-24-14-20(18)19-4-2-11-25-21(19)16-3-1-10-23-13-16/h1-14H. The van der Waals surface area contributed by atoms with Crippen LogP contribution in [0, 0.1) is 0 Å². The van der Waals surface area contributed by atoms with Crippen LogP contribution in [0.2, 0.25) is 5.02 Å². The molecule has 4 heteroatoms. The molecule has 0 saturated heterocycles. The van der Waals surface area contributed by atoms with Gasteiger partial charge in [0.15, 0.2) is 0 Å². The second kappa shape index (κ2) is 6.83. The molecule has 0 bridgehead atoms. The fourth-order valence-corrected chi connectivity index (χ4v) is 2.97. The first-order valence-electron chi connectivity index (χ1n) is 7.88. The van der Waals surface area contributed by atoms with Gasteiger partial charge in [-0.25, -0.2) is 0 Å². The zero-order valence-corrected chi connectivity index (χ0v) is 14.1. The SMILES string of the molecule is Clc1ccc(-c2ccncc2-c2cccnc2-c2cccnc2)cc1. The normalized spacial score (nSPS) is 10.6. The first-order valence-corrected chi connectivity index (χ1v) is 8.26. The molecule has 4 aromatic rings. The van der Waals surface area contributed by atoms with E-state index in [4.69, 9.17) is 11.6 Å². The van der Waals surface area contributed by atoms with Crippen molar-refractivity contribution in [3.8, 4) is 33.5 Å². The predicted octanol–water partition coefficient (Wildman–Crippen LogP) is 5.53. The minimum absolute atomic E-state index is 0.719. The van der Waals surface area contributed by atoms with E-state index in [0.717, 1.165) is 38.5 Å². The largest absolute Gasteiger partial charge is 0.264 e. The molecule has 0 N–H and O–H groups in total. The fourth-order valence-electron chi connectivity index (χ4n) is 2.85. The van der Waals surface area contributed by atoms with Gasteiger partial charge in [0, 0.05) is 52.7 Å². The summed E-state index contributed by atoms with van der Waals surface area (Å²) in [6, 6.07) is 17.8. The van der Waals surface area contributed by atoms with Crippen LogP contribution in [0.4, 0.5) is 0 Å². The Morgan fingerprint density at radius 3 is 2.20 bits per heavy atom. The molecule has 0 atom stereocenters. The van der Waals surface area contributed by atoms with Gasteiger partial charge in [0.2, 0.25) is 0 Å². The molecule has 0 unspecified atom stereocenters. The van der Waals surface area contributed by atoms with Crippen molar-refractivity contribution in [3.63, 3.8) is 0 Å². The molecule has 0 saturated carbocycles. The van der Waals surface area contributed by atoms with Gasteiger partial charge in [-0.1, -0.05) is 29.8 Å². The second-order valence-corrected chi connectivity index (χ2v) is 6.01. The Labute approximate surface area is 151 Å². The molecular weight excluding hydrogens is 330 g/mol. The van der Waals surface area contributed by atoms with Crippen LogP contribution in [0.3, 0.4) is 0 Å². The summed E-state index contributed by atoms with van der Waals surface area (Å²) >= 11 is 6.03. The van der Waals surface area contributed by atoms with Gasteiger partial charge in [-0.15, -0.1) is 0 Å². The summed E-state index contributed by atoms with van der Waals surface area (Å²) in [5, 5.41) is 0.719. The molecule has 0 aliphatic carbocycles. The van der Waals surface area contributed by atoms with Crippen LogP contribution in [0.5, 0.6) is 0 Å². The maximum absolute atomic E-state index is 6.03. The zero-order chi connectivity index (χ0) is 17.1. The first kappa shape index (κ1) is 15.5. The van der Waals surface area contributed by atoms with Gasteiger partial charge in [-0.05, 0) is 47.5 Å². The van der Waals surface area contributed by atoms with E-state index >= 15 is 0 Å². The number of nitrogens with zero attached hydrogens (tertiary/aromatic N) is 3. The van der Waals surface area contributed by atoms with Crippen LogP contribution in [0.1, 0.15) is 0 Å². The third-order valence-corrected chi connectivity index (χ3v) is 4.26. The van der Waals surface area contributed by atoms with E-state index in [0.29, 0.717) is 0 Å². The highest BCUT2D eigenvalue weighted by molar-refractivity contribution is 6.30. The smallest absolute Gasteiger partial charge is 0.0796 e. The molecule has 0 spiro atoms. The van der Waals surface area contributed by atoms with Crippen molar-refractivity contribution in [1.82, 2.24) is 15.0 Å². The van der Waals surface area contributed by atoms with E-state index in [9.17, 15) is 0 Å². The average Bonchev–Trinajstić information content (AvgIpc) is 2.69. The molecule has 3 aromatic heterocycles. The van der Waals surface area contributed by atoms with Crippen LogP contribution < -0.4 is 0 Å². The van der Waals surface area contributed by atoms with Crippen LogP contribution in [-0.4, -0.2) is 15.0 Å². The van der Waals surface area contributed by atoms with Gasteiger partial charge < -0.3 is 0 Å². The van der Waals surface area contributed by atoms with Crippen molar-refractivity contribution < 1.29 is 0 Å². The summed E-state index contributed by atoms with van der Waals surface area (Å²) in [6.45, 7) is 0. The van der Waals surface area contributed by atoms with Gasteiger partial charge in [0.05, 0.1) is 5.69 Å². The molecule has 120 valence electrons. The second-order valence-electron chi connectivity index (χ2n) is 5.57. The Kier molecular flexibility index (Phi) is 4.23. The van der Waals surface area contributed by atoms with Crippen LogP contribution in [-0.2, 0) is 0 Å². The molecule has 0 radical (unpaired) electrons. The summed E-state index contributed by atoms with van der Waals surface area (Å²) in [7, 11) is 0. The lowest BCUT2D eigenvalue weighted by molar-refractivity contribution is 1.27. The van der Waals surface area contributed by atoms with Crippen molar-refractivity contribution in [1.29, 1.82) is 0 Å². The number of halogens is 1. The van der Waals surface area contributed by atoms with E-state index in [1.165, 1.54) is 0 Å².